The highest BCUT2D eigenvalue weighted by atomic mass is 16.3. The molecule has 0 amide bonds. The second kappa shape index (κ2) is 12.0. The lowest BCUT2D eigenvalue weighted by molar-refractivity contribution is 0.390. The van der Waals surface area contributed by atoms with Crippen LogP contribution < -0.4 is 0 Å². The van der Waals surface area contributed by atoms with Gasteiger partial charge in [-0.2, -0.15) is 0 Å². The van der Waals surface area contributed by atoms with Gasteiger partial charge >= 0.3 is 0 Å². The van der Waals surface area contributed by atoms with Gasteiger partial charge in [0, 0.05) is 36.4 Å². The molecule has 0 saturated heterocycles. The van der Waals surface area contributed by atoms with Crippen molar-refractivity contribution in [3.63, 3.8) is 0 Å². The third kappa shape index (κ3) is 7.13. The molecule has 5 heteroatoms. The molecule has 0 spiro atoms. The predicted octanol–water partition coefficient (Wildman–Crippen LogP) is 9.04. The van der Waals surface area contributed by atoms with E-state index in [9.17, 15) is 15.3 Å². The van der Waals surface area contributed by atoms with E-state index in [1.165, 1.54) is 0 Å². The fourth-order valence-electron chi connectivity index (χ4n) is 6.43. The topological polar surface area (TPSA) is 85.4 Å². The Morgan fingerprint density at radius 2 is 0.800 bits per heavy atom. The van der Waals surface area contributed by atoms with Crippen LogP contribution in [0.25, 0.3) is 0 Å². The Labute approximate surface area is 270 Å². The van der Waals surface area contributed by atoms with Crippen LogP contribution in [0.2, 0.25) is 0 Å². The van der Waals surface area contributed by atoms with Gasteiger partial charge in [-0.15, -0.1) is 0 Å². The summed E-state index contributed by atoms with van der Waals surface area (Å²) in [7, 11) is 0. The van der Waals surface area contributed by atoms with Crippen LogP contribution in [0.15, 0.2) is 46.4 Å². The van der Waals surface area contributed by atoms with Crippen LogP contribution in [-0.2, 0) is 29.1 Å². The average Bonchev–Trinajstić information content (AvgIpc) is 2.93. The van der Waals surface area contributed by atoms with Crippen LogP contribution in [0.3, 0.4) is 0 Å². The molecule has 3 aromatic rings. The van der Waals surface area contributed by atoms with Gasteiger partial charge in [-0.25, -0.2) is 0 Å². The molecule has 0 aromatic heterocycles. The molecule has 1 aliphatic heterocycles. The average molecular weight is 609 g/mol. The molecule has 2 aliphatic rings. The predicted molar refractivity (Wildman–Crippen MR) is 187 cm³/mol. The molecular formula is C40H52N2O3. The maximum atomic E-state index is 11.8. The molecule has 0 unspecified atom stereocenters. The molecular weight excluding hydrogens is 556 g/mol. The summed E-state index contributed by atoms with van der Waals surface area (Å²) in [6.45, 7) is 19.5. The summed E-state index contributed by atoms with van der Waals surface area (Å²) >= 11 is 0. The van der Waals surface area contributed by atoms with Crippen LogP contribution in [0.5, 0.6) is 17.2 Å². The lowest BCUT2D eigenvalue weighted by Crippen LogP contribution is -2.27. The molecule has 2 atom stereocenters. The van der Waals surface area contributed by atoms with Crippen LogP contribution in [-0.4, -0.2) is 39.8 Å². The first-order valence-electron chi connectivity index (χ1n) is 16.6. The Morgan fingerprint density at radius 3 is 1.13 bits per heavy atom. The molecule has 1 saturated carbocycles. The van der Waals surface area contributed by atoms with Gasteiger partial charge in [-0.05, 0) is 80.2 Å². The summed E-state index contributed by atoms with van der Waals surface area (Å²) in [5, 5.41) is 35.1. The SMILES string of the molecule is CC(C)(C)c1cc2c(O)c(c1)Cc1cc(C(C)(C)C)cc(c1O)Cc1cc(C(C)(C)C)cc(c1O)C=N[C@@H]1CCCC[C@H]1N=C2. The third-order valence-electron chi connectivity index (χ3n) is 9.57. The van der Waals surface area contributed by atoms with Crippen molar-refractivity contribution in [3.8, 4) is 17.2 Å². The maximum Gasteiger partial charge on any atom is 0.127 e. The van der Waals surface area contributed by atoms with Gasteiger partial charge in [-0.3, -0.25) is 9.98 Å². The second-order valence-corrected chi connectivity index (χ2v) is 16.4. The van der Waals surface area contributed by atoms with Crippen LogP contribution in [0.4, 0.5) is 0 Å². The molecule has 0 radical (unpaired) electrons. The van der Waals surface area contributed by atoms with E-state index in [0.717, 1.165) is 64.6 Å². The number of rotatable bonds is 0. The number of aliphatic imine (C=N–C) groups is 2. The molecule has 1 fully saturated rings. The first-order chi connectivity index (χ1) is 20.9. The number of fused-ring (bicyclic) bond motifs is 7. The quantitative estimate of drug-likeness (QED) is 0.238. The second-order valence-electron chi connectivity index (χ2n) is 16.4. The van der Waals surface area contributed by atoms with Crippen LogP contribution in [0, 0.1) is 0 Å². The van der Waals surface area contributed by atoms with E-state index in [2.05, 4.69) is 86.6 Å². The molecule has 5 rings (SSSR count). The van der Waals surface area contributed by atoms with Crippen molar-refractivity contribution < 1.29 is 15.3 Å². The standard InChI is InChI=1S/C40H52N2O3/c1-38(2,3)30-16-24-14-26-18-31(39(4,5)6)20-28(36(26)44)22-41-33-12-10-11-13-34(33)42-23-29-21-32(40(7,8)9)19-27(37(29)45)15-25(17-30)35(24)43/h16-23,33-34,43-45H,10-15H2,1-9H3/t33-,34-/m1/s1. The first-order valence-corrected chi connectivity index (χ1v) is 16.6. The van der Waals surface area contributed by atoms with Crippen molar-refractivity contribution >= 4 is 12.4 Å². The maximum absolute atomic E-state index is 11.8. The Morgan fingerprint density at radius 1 is 0.489 bits per heavy atom. The zero-order valence-electron chi connectivity index (χ0n) is 28.8. The summed E-state index contributed by atoms with van der Waals surface area (Å²) < 4.78 is 0. The Balaban J connectivity index is 1.79. The molecule has 3 N–H and O–H groups in total. The van der Waals surface area contributed by atoms with Crippen molar-refractivity contribution in [2.45, 2.75) is 129 Å². The largest absolute Gasteiger partial charge is 0.507 e. The molecule has 5 nitrogen and oxygen atoms in total. The fraction of sp³-hybridized carbons (Fsp3) is 0.500. The lowest BCUT2D eigenvalue weighted by atomic mass is 9.81. The number of hydrogen-bond acceptors (Lipinski definition) is 5. The van der Waals surface area contributed by atoms with E-state index in [0.29, 0.717) is 24.0 Å². The zero-order valence-corrected chi connectivity index (χ0v) is 28.8. The number of aromatic hydroxyl groups is 3. The van der Waals surface area contributed by atoms with Crippen molar-refractivity contribution in [1.29, 1.82) is 0 Å². The Bertz CT molecular complexity index is 1530. The smallest absolute Gasteiger partial charge is 0.127 e. The normalized spacial score (nSPS) is 19.2. The molecule has 3 aromatic carbocycles. The number of phenolic OH excluding ortho intramolecular Hbond substituents is 3. The number of hydrogen-bond donors (Lipinski definition) is 3. The van der Waals surface area contributed by atoms with Gasteiger partial charge in [0.15, 0.2) is 0 Å². The molecule has 1 heterocycles. The van der Waals surface area contributed by atoms with E-state index < -0.39 is 0 Å². The van der Waals surface area contributed by atoms with E-state index in [4.69, 9.17) is 9.98 Å². The van der Waals surface area contributed by atoms with Crippen molar-refractivity contribution in [1.82, 2.24) is 0 Å². The summed E-state index contributed by atoms with van der Waals surface area (Å²) in [5.74, 6) is 0.603. The van der Waals surface area contributed by atoms with Crippen molar-refractivity contribution in [3.05, 3.63) is 86.5 Å². The Kier molecular flexibility index (Phi) is 8.72. The minimum Gasteiger partial charge on any atom is -0.507 e. The van der Waals surface area contributed by atoms with Crippen LogP contribution >= 0.6 is 0 Å². The van der Waals surface area contributed by atoms with E-state index >= 15 is 0 Å². The van der Waals surface area contributed by atoms with E-state index in [-0.39, 0.29) is 45.6 Å². The van der Waals surface area contributed by atoms with E-state index in [1.54, 1.807) is 0 Å². The van der Waals surface area contributed by atoms with Gasteiger partial charge in [0.1, 0.15) is 17.2 Å². The number of benzene rings is 3. The van der Waals surface area contributed by atoms with Crippen molar-refractivity contribution in [2.75, 3.05) is 0 Å². The molecule has 6 bridgehead atoms. The van der Waals surface area contributed by atoms with Gasteiger partial charge in [0.2, 0.25) is 0 Å². The highest BCUT2D eigenvalue weighted by Crippen LogP contribution is 2.39. The first kappa shape index (κ1) is 32.8. The third-order valence-corrected chi connectivity index (χ3v) is 9.57. The minimum atomic E-state index is -0.174. The van der Waals surface area contributed by atoms with E-state index in [1.807, 2.05) is 24.6 Å². The highest BCUT2D eigenvalue weighted by Gasteiger charge is 2.27. The molecule has 45 heavy (non-hydrogen) atoms. The van der Waals surface area contributed by atoms with Gasteiger partial charge in [0.05, 0.1) is 12.1 Å². The summed E-state index contributed by atoms with van der Waals surface area (Å²) in [6, 6.07) is 12.4. The van der Waals surface area contributed by atoms with Crippen LogP contribution in [0.1, 0.15) is 138 Å². The number of nitrogens with zero attached hydrogens (tertiary/aromatic N) is 2. The lowest BCUT2D eigenvalue weighted by Gasteiger charge is -2.26. The summed E-state index contributed by atoms with van der Waals surface area (Å²) in [6.07, 6.45) is 8.44. The monoisotopic (exact) mass is 608 g/mol. The molecule has 1 aliphatic carbocycles. The van der Waals surface area contributed by atoms with Gasteiger partial charge < -0.3 is 15.3 Å². The van der Waals surface area contributed by atoms with Crippen molar-refractivity contribution in [2.24, 2.45) is 9.98 Å². The fourth-order valence-corrected chi connectivity index (χ4v) is 6.43. The minimum absolute atomic E-state index is 0.00682. The molecule has 240 valence electrons. The summed E-state index contributed by atoms with van der Waals surface area (Å²) in [5.41, 5.74) is 7.27. The number of phenols is 3. The summed E-state index contributed by atoms with van der Waals surface area (Å²) in [4.78, 5) is 10.1. The van der Waals surface area contributed by atoms with Gasteiger partial charge in [-0.1, -0.05) is 99.4 Å². The van der Waals surface area contributed by atoms with Gasteiger partial charge in [0.25, 0.3) is 0 Å². The zero-order chi connectivity index (χ0) is 32.9. The Hall–Kier alpha value is -3.60. The highest BCUT2D eigenvalue weighted by molar-refractivity contribution is 5.86.